The number of thioether (sulfide) groups is 1. The fourth-order valence-corrected chi connectivity index (χ4v) is 3.21. The minimum atomic E-state index is -1.13. The number of carbonyl (C=O) groups is 4. The highest BCUT2D eigenvalue weighted by molar-refractivity contribution is 7.99. The highest BCUT2D eigenvalue weighted by Gasteiger charge is 2.39. The summed E-state index contributed by atoms with van der Waals surface area (Å²) in [5.74, 6) is -0.938. The molecule has 1 saturated heterocycles. The normalized spacial score (nSPS) is 23.9. The summed E-state index contributed by atoms with van der Waals surface area (Å²) in [6, 6.07) is 0. The molecular weight excluding hydrogens is 360 g/mol. The third kappa shape index (κ3) is 8.07. The molecule has 26 heavy (non-hydrogen) atoms. The van der Waals surface area contributed by atoms with Crippen molar-refractivity contribution in [3.63, 3.8) is 0 Å². The summed E-state index contributed by atoms with van der Waals surface area (Å²) in [5.41, 5.74) is -0.916. The van der Waals surface area contributed by atoms with Gasteiger partial charge in [-0.15, -0.1) is 0 Å². The van der Waals surface area contributed by atoms with Gasteiger partial charge in [-0.25, -0.2) is 0 Å². The van der Waals surface area contributed by atoms with Gasteiger partial charge >= 0.3 is 11.9 Å². The van der Waals surface area contributed by atoms with Gasteiger partial charge in [-0.2, -0.15) is 11.8 Å². The fraction of sp³-hybridized carbons (Fsp3) is 0.765. The largest absolute Gasteiger partial charge is 0.465 e. The molecule has 1 aliphatic heterocycles. The Morgan fingerprint density at radius 2 is 1.96 bits per heavy atom. The second-order valence-electron chi connectivity index (χ2n) is 6.92. The van der Waals surface area contributed by atoms with E-state index in [-0.39, 0.29) is 37.2 Å². The summed E-state index contributed by atoms with van der Waals surface area (Å²) in [7, 11) is 0. The summed E-state index contributed by atoms with van der Waals surface area (Å²) in [4.78, 5) is 47.6. The van der Waals surface area contributed by atoms with Crippen LogP contribution in [0.15, 0.2) is 0 Å². The lowest BCUT2D eigenvalue weighted by molar-refractivity contribution is -0.168. The molecule has 0 spiro atoms. The molecule has 1 unspecified atom stereocenters. The van der Waals surface area contributed by atoms with Crippen LogP contribution in [0.4, 0.5) is 0 Å². The van der Waals surface area contributed by atoms with Gasteiger partial charge in [0.05, 0.1) is 6.42 Å². The fourth-order valence-electron chi connectivity index (χ4n) is 2.34. The monoisotopic (exact) mass is 388 g/mol. The van der Waals surface area contributed by atoms with E-state index in [9.17, 15) is 19.2 Å². The molecule has 1 heterocycles. The smallest absolute Gasteiger partial charge is 0.307 e. The summed E-state index contributed by atoms with van der Waals surface area (Å²) >= 11 is 1.55. The van der Waals surface area contributed by atoms with Crippen molar-refractivity contribution in [2.75, 3.05) is 25.4 Å². The first-order chi connectivity index (χ1) is 12.1. The Labute approximate surface area is 158 Å². The number of hydrogen-bond acceptors (Lipinski definition) is 7. The zero-order chi connectivity index (χ0) is 19.7. The standard InChI is InChI=1S/C17H28N2O6S/c1-11-9-14(22)25-15(17(3,4)10-24-12(2)20)16(23)19-6-5-13(21)18-7-8-26-11/h11,15H,5-10H2,1-4H3,(H,18,21)(H,19,23)/t11?,15-/m0/s1. The molecule has 0 aliphatic carbocycles. The predicted octanol–water partition coefficient (Wildman–Crippen LogP) is 0.635. The molecule has 0 radical (unpaired) electrons. The number of esters is 2. The van der Waals surface area contributed by atoms with Crippen LogP contribution in [-0.4, -0.2) is 60.6 Å². The number of carbonyl (C=O) groups excluding carboxylic acids is 4. The van der Waals surface area contributed by atoms with Crippen LogP contribution >= 0.6 is 11.8 Å². The van der Waals surface area contributed by atoms with Crippen LogP contribution < -0.4 is 10.6 Å². The van der Waals surface area contributed by atoms with E-state index in [1.807, 2.05) is 6.92 Å². The minimum absolute atomic E-state index is 0.0114. The van der Waals surface area contributed by atoms with Crippen molar-refractivity contribution in [3.05, 3.63) is 0 Å². The molecule has 2 atom stereocenters. The SMILES string of the molecule is CC(=O)OCC(C)(C)[C@H]1OC(=O)CC(C)SCCNC(=O)CCNC1=O. The molecule has 9 heteroatoms. The first-order valence-electron chi connectivity index (χ1n) is 8.60. The zero-order valence-electron chi connectivity index (χ0n) is 15.8. The summed E-state index contributed by atoms with van der Waals surface area (Å²) < 4.78 is 10.5. The highest BCUT2D eigenvalue weighted by Crippen LogP contribution is 2.26. The van der Waals surface area contributed by atoms with Crippen LogP contribution in [0, 0.1) is 5.41 Å². The molecule has 1 rings (SSSR count). The lowest BCUT2D eigenvalue weighted by atomic mass is 9.86. The van der Waals surface area contributed by atoms with E-state index in [1.54, 1.807) is 25.6 Å². The van der Waals surface area contributed by atoms with Gasteiger partial charge in [-0.3, -0.25) is 19.2 Å². The third-order valence-electron chi connectivity index (χ3n) is 3.78. The van der Waals surface area contributed by atoms with Crippen LogP contribution in [0.3, 0.4) is 0 Å². The first kappa shape index (κ1) is 22.3. The van der Waals surface area contributed by atoms with E-state index in [2.05, 4.69) is 10.6 Å². The number of nitrogens with one attached hydrogen (secondary N) is 2. The van der Waals surface area contributed by atoms with Gasteiger partial charge in [0.15, 0.2) is 6.10 Å². The molecule has 0 aromatic rings. The molecular formula is C17H28N2O6S. The minimum Gasteiger partial charge on any atom is -0.465 e. The number of hydrogen-bond donors (Lipinski definition) is 2. The van der Waals surface area contributed by atoms with E-state index >= 15 is 0 Å². The van der Waals surface area contributed by atoms with Gasteiger partial charge in [0.1, 0.15) is 6.61 Å². The lowest BCUT2D eigenvalue weighted by Gasteiger charge is -2.32. The molecule has 2 N–H and O–H groups in total. The number of rotatable bonds is 3. The van der Waals surface area contributed by atoms with Crippen molar-refractivity contribution >= 4 is 35.5 Å². The average molecular weight is 388 g/mol. The van der Waals surface area contributed by atoms with Crippen molar-refractivity contribution in [2.24, 2.45) is 5.41 Å². The van der Waals surface area contributed by atoms with Crippen molar-refractivity contribution in [1.29, 1.82) is 0 Å². The Balaban J connectivity index is 2.90. The molecule has 1 aliphatic rings. The maximum atomic E-state index is 12.5. The van der Waals surface area contributed by atoms with Crippen molar-refractivity contribution in [1.82, 2.24) is 10.6 Å². The topological polar surface area (TPSA) is 111 Å². The Bertz CT molecular complexity index is 537. The molecule has 148 valence electrons. The molecule has 2 amide bonds. The van der Waals surface area contributed by atoms with Gasteiger partial charge in [0, 0.05) is 42.9 Å². The average Bonchev–Trinajstić information content (AvgIpc) is 2.54. The lowest BCUT2D eigenvalue weighted by Crippen LogP contribution is -2.49. The summed E-state index contributed by atoms with van der Waals surface area (Å²) in [6.07, 6.45) is -0.846. The van der Waals surface area contributed by atoms with E-state index < -0.39 is 29.4 Å². The summed E-state index contributed by atoms with van der Waals surface area (Å²) in [6.45, 7) is 7.09. The second kappa shape index (κ2) is 10.4. The van der Waals surface area contributed by atoms with Crippen LogP contribution in [0.5, 0.6) is 0 Å². The van der Waals surface area contributed by atoms with Crippen LogP contribution in [0.1, 0.15) is 40.5 Å². The van der Waals surface area contributed by atoms with E-state index in [1.165, 1.54) is 6.92 Å². The van der Waals surface area contributed by atoms with Crippen molar-refractivity contribution < 1.29 is 28.7 Å². The molecule has 8 nitrogen and oxygen atoms in total. The second-order valence-corrected chi connectivity index (χ2v) is 8.46. The zero-order valence-corrected chi connectivity index (χ0v) is 16.6. The van der Waals surface area contributed by atoms with Gasteiger partial charge in [0.2, 0.25) is 5.91 Å². The van der Waals surface area contributed by atoms with Crippen LogP contribution in [0.25, 0.3) is 0 Å². The first-order valence-corrected chi connectivity index (χ1v) is 9.65. The predicted molar refractivity (Wildman–Crippen MR) is 97.5 cm³/mol. The van der Waals surface area contributed by atoms with E-state index in [0.29, 0.717) is 12.3 Å². The van der Waals surface area contributed by atoms with Gasteiger partial charge in [-0.05, 0) is 0 Å². The number of amides is 2. The number of ether oxygens (including phenoxy) is 2. The van der Waals surface area contributed by atoms with Gasteiger partial charge < -0.3 is 20.1 Å². The molecule has 0 bridgehead atoms. The Morgan fingerprint density at radius 3 is 2.62 bits per heavy atom. The van der Waals surface area contributed by atoms with Crippen LogP contribution in [0.2, 0.25) is 0 Å². The molecule has 1 fully saturated rings. The Kier molecular flexibility index (Phi) is 8.91. The third-order valence-corrected chi connectivity index (χ3v) is 4.95. The van der Waals surface area contributed by atoms with Crippen molar-refractivity contribution in [3.8, 4) is 0 Å². The number of cyclic esters (lactones) is 1. The van der Waals surface area contributed by atoms with E-state index in [4.69, 9.17) is 9.47 Å². The molecule has 0 aromatic heterocycles. The Morgan fingerprint density at radius 1 is 1.27 bits per heavy atom. The van der Waals surface area contributed by atoms with Gasteiger partial charge in [0.25, 0.3) is 5.91 Å². The maximum Gasteiger partial charge on any atom is 0.307 e. The summed E-state index contributed by atoms with van der Waals surface area (Å²) in [5, 5.41) is 5.38. The highest BCUT2D eigenvalue weighted by atomic mass is 32.2. The quantitative estimate of drug-likeness (QED) is 0.682. The van der Waals surface area contributed by atoms with Gasteiger partial charge in [-0.1, -0.05) is 20.8 Å². The van der Waals surface area contributed by atoms with Crippen LogP contribution in [-0.2, 0) is 28.7 Å². The Hall–Kier alpha value is -1.77. The maximum absolute atomic E-state index is 12.5. The molecule has 0 saturated carbocycles. The van der Waals surface area contributed by atoms with E-state index in [0.717, 1.165) is 0 Å². The van der Waals surface area contributed by atoms with Crippen molar-refractivity contribution in [2.45, 2.75) is 51.9 Å². The molecule has 0 aromatic carbocycles.